The van der Waals surface area contributed by atoms with Crippen LogP contribution in [0.2, 0.25) is 0 Å². The number of guanidine groups is 1. The molecule has 61 heavy (non-hydrogen) atoms. The van der Waals surface area contributed by atoms with Crippen molar-refractivity contribution >= 4 is 33.5 Å². The van der Waals surface area contributed by atoms with Crippen molar-refractivity contribution < 1.29 is 39.8 Å². The highest BCUT2D eigenvalue weighted by atomic mass is 33.1. The third kappa shape index (κ3) is 10.0. The van der Waals surface area contributed by atoms with Gasteiger partial charge >= 0.3 is 5.97 Å². The first-order chi connectivity index (χ1) is 29.4. The summed E-state index contributed by atoms with van der Waals surface area (Å²) in [6.07, 6.45) is 10.9. The van der Waals surface area contributed by atoms with Crippen LogP contribution in [-0.4, -0.2) is 110 Å². The topological polar surface area (TPSA) is 211 Å². The standard InChI is InChI=1S/C46H67N5O8S2/c1-28(52)58-37-23-32(53)11-16-45-15-10-30-20-29-8-9-40(46(25-29)26-33(12-17-49-46)59-38-22-31(21-34(30)37)35(42(56)57)24-36(38)54)48-18-19-60-61-27-44(13-3-2-4-14-44)51-43(47)50-39(45)6-5-7-41(45)55/h5-6,22,24,29-30,32-34,37,39-42,48-49,53-57H,2-4,7-9,11-14,16-21,23,25-27H2,1H3,(H3,47,50,51). The summed E-state index contributed by atoms with van der Waals surface area (Å²) >= 11 is 0. The number of fused-ring (bicyclic) bond motifs is 10. The van der Waals surface area contributed by atoms with Gasteiger partial charge in [-0.3, -0.25) is 4.79 Å². The molecule has 10 N–H and O–H groups in total. The summed E-state index contributed by atoms with van der Waals surface area (Å²) in [5, 5.41) is 68.5. The van der Waals surface area contributed by atoms with Crippen LogP contribution < -0.4 is 26.4 Å². The summed E-state index contributed by atoms with van der Waals surface area (Å²) in [7, 11) is 3.78. The molecule has 11 unspecified atom stereocenters. The molecular formula is C46H67N5O8S2. The number of carbonyl (C=O) groups excluding carboxylic acids is 1. The van der Waals surface area contributed by atoms with Gasteiger partial charge in [0.2, 0.25) is 0 Å². The van der Waals surface area contributed by atoms with Crippen molar-refractivity contribution in [3.63, 3.8) is 0 Å². The Balaban J connectivity index is 1.31. The van der Waals surface area contributed by atoms with Gasteiger partial charge in [-0.05, 0) is 101 Å². The SMILES string of the molecule is CC(=O)OC1CC(O)CCC23C#CC4CC5CCC(NCCSSCC6(CCCCC6)NC(N)=NC2C=CCC3O)C2(C5)CC(CCN2)Oc2cc(c(C(O)O)cc2O)CC41. The minimum absolute atomic E-state index is 0.126. The van der Waals surface area contributed by atoms with Crippen molar-refractivity contribution in [3.05, 3.63) is 35.4 Å². The molecule has 1 aromatic carbocycles. The first-order valence-corrected chi connectivity index (χ1v) is 25.3. The van der Waals surface area contributed by atoms with E-state index in [1.807, 2.05) is 33.7 Å². The van der Waals surface area contributed by atoms with Crippen molar-refractivity contribution in [1.29, 1.82) is 0 Å². The Morgan fingerprint density at radius 3 is 2.69 bits per heavy atom. The lowest BCUT2D eigenvalue weighted by atomic mass is 9.64. The number of aliphatic hydroxyl groups is 4. The van der Waals surface area contributed by atoms with Crippen LogP contribution in [0.25, 0.3) is 0 Å². The maximum Gasteiger partial charge on any atom is 0.302 e. The first-order valence-electron chi connectivity index (χ1n) is 22.8. The summed E-state index contributed by atoms with van der Waals surface area (Å²) in [5.74, 6) is 8.49. The number of aromatic hydroxyl groups is 1. The van der Waals surface area contributed by atoms with Crippen molar-refractivity contribution in [1.82, 2.24) is 16.0 Å². The Bertz CT molecular complexity index is 1850. The molecule has 0 aromatic heterocycles. The lowest BCUT2D eigenvalue weighted by molar-refractivity contribution is -0.152. The minimum Gasteiger partial charge on any atom is -0.504 e. The van der Waals surface area contributed by atoms with E-state index in [9.17, 15) is 30.3 Å². The molecule has 1 saturated heterocycles. The molecule has 9 rings (SSSR count). The Hall–Kier alpha value is -2.68. The second-order valence-electron chi connectivity index (χ2n) is 19.1. The van der Waals surface area contributed by atoms with Crippen LogP contribution >= 0.6 is 21.6 Å². The van der Waals surface area contributed by atoms with Crippen molar-refractivity contribution in [2.75, 3.05) is 24.6 Å². The number of piperidine rings is 1. The molecule has 8 aliphatic rings. The first kappa shape index (κ1) is 44.9. The molecule has 4 aliphatic carbocycles. The average molecular weight is 882 g/mol. The van der Waals surface area contributed by atoms with Crippen LogP contribution in [-0.2, 0) is 16.0 Å². The molecule has 4 aliphatic heterocycles. The predicted octanol–water partition coefficient (Wildman–Crippen LogP) is 4.34. The molecule has 1 aromatic rings. The number of aliphatic hydroxyl groups excluding tert-OH is 3. The number of ether oxygens (including phenoxy) is 2. The normalized spacial score (nSPS) is 38.1. The van der Waals surface area contributed by atoms with Crippen molar-refractivity contribution in [2.45, 2.75) is 164 Å². The molecule has 3 spiro atoms. The number of esters is 1. The summed E-state index contributed by atoms with van der Waals surface area (Å²) in [5.41, 5.74) is 5.97. The van der Waals surface area contributed by atoms with Crippen LogP contribution in [0.15, 0.2) is 29.3 Å². The fraction of sp³-hybridized carbons (Fsp3) is 0.739. The smallest absolute Gasteiger partial charge is 0.302 e. The number of rotatable bonds is 2. The number of nitrogens with two attached hydrogens (primary N) is 1. The Morgan fingerprint density at radius 2 is 1.89 bits per heavy atom. The Labute approximate surface area is 368 Å². The number of hydrogen-bond acceptors (Lipinski definition) is 15. The number of hydrogen-bond donors (Lipinski definition) is 9. The molecule has 3 fully saturated rings. The van der Waals surface area contributed by atoms with E-state index < -0.39 is 53.9 Å². The number of phenolic OH excluding ortho intramolecular Hbond substituents is 1. The zero-order chi connectivity index (χ0) is 42.8. The third-order valence-electron chi connectivity index (χ3n) is 15.0. The van der Waals surface area contributed by atoms with E-state index in [0.717, 1.165) is 82.4 Å². The molecule has 8 bridgehead atoms. The Kier molecular flexibility index (Phi) is 14.1. The molecule has 4 heterocycles. The fourth-order valence-corrected chi connectivity index (χ4v) is 14.5. The van der Waals surface area contributed by atoms with Gasteiger partial charge in [0.05, 0.1) is 23.7 Å². The highest BCUT2D eigenvalue weighted by Crippen LogP contribution is 2.47. The van der Waals surface area contributed by atoms with Gasteiger partial charge in [-0.15, -0.1) is 0 Å². The predicted molar refractivity (Wildman–Crippen MR) is 239 cm³/mol. The molecule has 13 nitrogen and oxygen atoms in total. The second kappa shape index (κ2) is 19.2. The lowest BCUT2D eigenvalue weighted by Gasteiger charge is -2.52. The zero-order valence-corrected chi connectivity index (χ0v) is 37.2. The van der Waals surface area contributed by atoms with Crippen molar-refractivity contribution in [2.24, 2.45) is 33.9 Å². The van der Waals surface area contributed by atoms with Gasteiger partial charge in [0, 0.05) is 72.3 Å². The van der Waals surface area contributed by atoms with Gasteiger partial charge in [0.1, 0.15) is 12.2 Å². The van der Waals surface area contributed by atoms with Gasteiger partial charge < -0.3 is 56.7 Å². The minimum atomic E-state index is -1.90. The van der Waals surface area contributed by atoms with Crippen LogP contribution in [0, 0.1) is 35.0 Å². The molecule has 0 amide bonds. The quantitative estimate of drug-likeness (QED) is 0.0666. The fourth-order valence-electron chi connectivity index (χ4n) is 12.0. The van der Waals surface area contributed by atoms with E-state index >= 15 is 0 Å². The van der Waals surface area contributed by atoms with E-state index in [4.69, 9.17) is 20.2 Å². The highest BCUT2D eigenvalue weighted by Gasteiger charge is 2.50. The maximum absolute atomic E-state index is 12.9. The van der Waals surface area contributed by atoms with Crippen LogP contribution in [0.3, 0.4) is 0 Å². The monoisotopic (exact) mass is 881 g/mol. The summed E-state index contributed by atoms with van der Waals surface area (Å²) in [6.45, 7) is 2.97. The molecular weight excluding hydrogens is 815 g/mol. The summed E-state index contributed by atoms with van der Waals surface area (Å²) < 4.78 is 12.9. The van der Waals surface area contributed by atoms with Gasteiger partial charge in [0.25, 0.3) is 0 Å². The van der Waals surface area contributed by atoms with Crippen molar-refractivity contribution in [3.8, 4) is 23.3 Å². The molecule has 15 heteroatoms. The van der Waals surface area contributed by atoms with Gasteiger partial charge in [-0.1, -0.05) is 64.8 Å². The van der Waals surface area contributed by atoms with E-state index in [0.29, 0.717) is 30.8 Å². The second-order valence-corrected chi connectivity index (χ2v) is 21.7. The largest absolute Gasteiger partial charge is 0.504 e. The average Bonchev–Trinajstić information content (AvgIpc) is 3.21. The van der Waals surface area contributed by atoms with E-state index in [1.54, 1.807) is 6.07 Å². The van der Waals surface area contributed by atoms with Crippen LogP contribution in [0.1, 0.15) is 121 Å². The molecule has 11 atom stereocenters. The van der Waals surface area contributed by atoms with Crippen LogP contribution in [0.4, 0.5) is 0 Å². The number of phenols is 1. The van der Waals surface area contributed by atoms with Gasteiger partial charge in [-0.2, -0.15) is 0 Å². The zero-order valence-electron chi connectivity index (χ0n) is 35.5. The van der Waals surface area contributed by atoms with E-state index in [1.165, 1.54) is 19.4 Å². The maximum atomic E-state index is 12.9. The molecule has 336 valence electrons. The van der Waals surface area contributed by atoms with Crippen LogP contribution in [0.5, 0.6) is 11.5 Å². The van der Waals surface area contributed by atoms with Gasteiger partial charge in [-0.25, -0.2) is 4.99 Å². The number of benzene rings is 1. The Morgan fingerprint density at radius 1 is 1.05 bits per heavy atom. The number of carbonyl (C=O) groups is 1. The molecule has 0 radical (unpaired) electrons. The summed E-state index contributed by atoms with van der Waals surface area (Å²) in [4.78, 5) is 18.1. The van der Waals surface area contributed by atoms with E-state index in [-0.39, 0.29) is 65.5 Å². The molecule has 2 saturated carbocycles. The van der Waals surface area contributed by atoms with Gasteiger partial charge in [0.15, 0.2) is 23.7 Å². The number of nitrogens with one attached hydrogen (secondary N) is 3. The highest BCUT2D eigenvalue weighted by molar-refractivity contribution is 8.76. The number of aliphatic imine (C=N–C) groups is 1. The third-order valence-corrected chi connectivity index (χ3v) is 17.6. The van der Waals surface area contributed by atoms with E-state index in [2.05, 4.69) is 27.8 Å². The number of nitrogens with zero attached hydrogens (tertiary/aromatic N) is 1. The summed E-state index contributed by atoms with van der Waals surface area (Å²) in [6, 6.07) is 2.66. The lowest BCUT2D eigenvalue weighted by Crippen LogP contribution is -2.66.